The summed E-state index contributed by atoms with van der Waals surface area (Å²) in [5.41, 5.74) is 3.96. The van der Waals surface area contributed by atoms with Crippen molar-refractivity contribution in [3.63, 3.8) is 0 Å². The van der Waals surface area contributed by atoms with Crippen LogP contribution >= 0.6 is 0 Å². The van der Waals surface area contributed by atoms with E-state index in [9.17, 15) is 13.8 Å². The summed E-state index contributed by atoms with van der Waals surface area (Å²) in [5, 5.41) is 8.14. The maximum Gasteiger partial charge on any atom is 0.349 e. The third-order valence-corrected chi connectivity index (χ3v) is 6.80. The Morgan fingerprint density at radius 3 is 2.77 bits per heavy atom. The van der Waals surface area contributed by atoms with Crippen LogP contribution in [-0.2, 0) is 22.3 Å². The van der Waals surface area contributed by atoms with Crippen molar-refractivity contribution in [2.75, 3.05) is 5.32 Å². The standard InChI is InChI=1S/C23H19N3O4S/c1-13-6-5-8-19(14(13)2)26-21(17-11-31(29)12-18(17)25-26)24-22(27)16-10-15-7-3-4-9-20(15)30-23(16)28/h3-10H,11-12H2,1-2H3,(H,24,27)/t31-/m0/s1. The van der Waals surface area contributed by atoms with Crippen LogP contribution in [0.1, 0.15) is 32.7 Å². The van der Waals surface area contributed by atoms with E-state index in [1.54, 1.807) is 22.9 Å². The summed E-state index contributed by atoms with van der Waals surface area (Å²) >= 11 is 0. The largest absolute Gasteiger partial charge is 0.422 e. The summed E-state index contributed by atoms with van der Waals surface area (Å²) in [6, 6.07) is 14.4. The molecule has 8 heteroatoms. The van der Waals surface area contributed by atoms with E-state index in [1.165, 1.54) is 6.07 Å². The van der Waals surface area contributed by atoms with Crippen LogP contribution in [0.4, 0.5) is 5.82 Å². The average Bonchev–Trinajstić information content (AvgIpc) is 3.26. The van der Waals surface area contributed by atoms with Gasteiger partial charge in [0.15, 0.2) is 0 Å². The zero-order valence-electron chi connectivity index (χ0n) is 17.0. The van der Waals surface area contributed by atoms with Crippen LogP contribution < -0.4 is 10.9 Å². The molecule has 0 saturated carbocycles. The maximum absolute atomic E-state index is 13.1. The number of aromatic nitrogens is 2. The Balaban J connectivity index is 1.62. The molecule has 0 unspecified atom stereocenters. The van der Waals surface area contributed by atoms with Gasteiger partial charge in [-0.15, -0.1) is 0 Å². The number of nitrogens with one attached hydrogen (secondary N) is 1. The Hall–Kier alpha value is -3.52. The van der Waals surface area contributed by atoms with Crippen molar-refractivity contribution in [2.24, 2.45) is 0 Å². The van der Waals surface area contributed by atoms with Crippen molar-refractivity contribution in [3.8, 4) is 5.69 Å². The van der Waals surface area contributed by atoms with Crippen molar-refractivity contribution in [2.45, 2.75) is 25.4 Å². The molecule has 0 aliphatic carbocycles. The van der Waals surface area contributed by atoms with Crippen molar-refractivity contribution >= 4 is 33.5 Å². The first-order valence-corrected chi connectivity index (χ1v) is 11.3. The summed E-state index contributed by atoms with van der Waals surface area (Å²) in [4.78, 5) is 25.5. The van der Waals surface area contributed by atoms with E-state index in [1.807, 2.05) is 38.1 Å². The van der Waals surface area contributed by atoms with Crippen LogP contribution in [0, 0.1) is 13.8 Å². The van der Waals surface area contributed by atoms with Crippen molar-refractivity contribution < 1.29 is 13.4 Å². The lowest BCUT2D eigenvalue weighted by Gasteiger charge is -2.14. The van der Waals surface area contributed by atoms with Crippen LogP contribution in [0.25, 0.3) is 16.7 Å². The molecule has 1 aliphatic heterocycles. The molecule has 2 aromatic carbocycles. The number of hydrogen-bond donors (Lipinski definition) is 1. The fourth-order valence-corrected chi connectivity index (χ4v) is 5.05. The smallest absolute Gasteiger partial charge is 0.349 e. The molecule has 0 spiro atoms. The Bertz CT molecular complexity index is 1450. The Morgan fingerprint density at radius 2 is 1.94 bits per heavy atom. The second-order valence-electron chi connectivity index (χ2n) is 7.57. The van der Waals surface area contributed by atoms with Crippen molar-refractivity contribution in [1.29, 1.82) is 0 Å². The molecule has 0 bridgehead atoms. The highest BCUT2D eigenvalue weighted by Gasteiger charge is 2.29. The number of amides is 1. The first kappa shape index (κ1) is 19.4. The van der Waals surface area contributed by atoms with Crippen molar-refractivity contribution in [3.05, 3.63) is 86.9 Å². The molecule has 156 valence electrons. The van der Waals surface area contributed by atoms with Gasteiger partial charge in [0.1, 0.15) is 17.0 Å². The molecule has 0 radical (unpaired) electrons. The highest BCUT2D eigenvalue weighted by Crippen LogP contribution is 2.33. The Kier molecular flexibility index (Phi) is 4.59. The summed E-state index contributed by atoms with van der Waals surface area (Å²) in [6.45, 7) is 3.99. The molecule has 0 fully saturated rings. The van der Waals surface area contributed by atoms with Gasteiger partial charge in [-0.05, 0) is 43.2 Å². The SMILES string of the molecule is Cc1cccc(-n2nc3c(c2NC(=O)c2cc4ccccc4oc2=O)C[S@](=O)C3)c1C. The number of fused-ring (bicyclic) bond motifs is 2. The normalized spacial score (nSPS) is 15.2. The van der Waals surface area contributed by atoms with Crippen LogP contribution in [0.5, 0.6) is 0 Å². The van der Waals surface area contributed by atoms with Crippen molar-refractivity contribution in [1.82, 2.24) is 9.78 Å². The van der Waals surface area contributed by atoms with Crippen LogP contribution in [-0.4, -0.2) is 19.9 Å². The number of benzene rings is 2. The molecule has 31 heavy (non-hydrogen) atoms. The highest BCUT2D eigenvalue weighted by atomic mass is 32.2. The first-order chi connectivity index (χ1) is 14.9. The molecule has 5 rings (SSSR count). The third-order valence-electron chi connectivity index (χ3n) is 5.59. The number of aryl methyl sites for hydroxylation is 1. The van der Waals surface area contributed by atoms with Gasteiger partial charge in [-0.3, -0.25) is 9.00 Å². The van der Waals surface area contributed by atoms with Gasteiger partial charge in [0.25, 0.3) is 5.91 Å². The number of carbonyl (C=O) groups excluding carboxylic acids is 1. The molecule has 1 amide bonds. The van der Waals surface area contributed by atoms with E-state index in [4.69, 9.17) is 4.42 Å². The molecule has 3 heterocycles. The molecule has 1 aliphatic rings. The van der Waals surface area contributed by atoms with Gasteiger partial charge in [-0.1, -0.05) is 30.3 Å². The predicted molar refractivity (Wildman–Crippen MR) is 119 cm³/mol. The van der Waals surface area contributed by atoms with E-state index in [-0.39, 0.29) is 5.56 Å². The van der Waals surface area contributed by atoms with Gasteiger partial charge in [0.05, 0.1) is 22.9 Å². The zero-order valence-corrected chi connectivity index (χ0v) is 17.8. The maximum atomic E-state index is 13.1. The highest BCUT2D eigenvalue weighted by molar-refractivity contribution is 7.83. The molecule has 2 aromatic heterocycles. The lowest BCUT2D eigenvalue weighted by Crippen LogP contribution is -2.23. The topological polar surface area (TPSA) is 94.2 Å². The molecule has 4 aromatic rings. The Morgan fingerprint density at radius 1 is 1.13 bits per heavy atom. The van der Waals surface area contributed by atoms with Gasteiger partial charge in [0, 0.05) is 21.7 Å². The third kappa shape index (κ3) is 3.29. The monoisotopic (exact) mass is 433 g/mol. The predicted octanol–water partition coefficient (Wildman–Crippen LogP) is 3.61. The number of nitrogens with zero attached hydrogens (tertiary/aromatic N) is 2. The molecule has 1 atom stereocenters. The number of rotatable bonds is 3. The summed E-state index contributed by atoms with van der Waals surface area (Å²) in [5.74, 6) is 0.495. The average molecular weight is 433 g/mol. The van der Waals surface area contributed by atoms with E-state index in [2.05, 4.69) is 10.4 Å². The lowest BCUT2D eigenvalue weighted by molar-refractivity contribution is 0.102. The van der Waals surface area contributed by atoms with Gasteiger partial charge >= 0.3 is 5.63 Å². The summed E-state index contributed by atoms with van der Waals surface area (Å²) < 4.78 is 19.1. The van der Waals surface area contributed by atoms with Gasteiger partial charge in [0.2, 0.25) is 0 Å². The minimum absolute atomic E-state index is 0.0970. The first-order valence-electron chi connectivity index (χ1n) is 9.79. The Labute approximate surface area is 180 Å². The fraction of sp³-hybridized carbons (Fsp3) is 0.174. The number of para-hydroxylation sites is 1. The van der Waals surface area contributed by atoms with Crippen LogP contribution in [0.3, 0.4) is 0 Å². The van der Waals surface area contributed by atoms with E-state index in [0.717, 1.165) is 22.4 Å². The quantitative estimate of drug-likeness (QED) is 0.498. The molecule has 0 saturated heterocycles. The zero-order chi connectivity index (χ0) is 21.7. The van der Waals surface area contributed by atoms with Gasteiger partial charge in [-0.25, -0.2) is 9.48 Å². The summed E-state index contributed by atoms with van der Waals surface area (Å²) in [6.07, 6.45) is 0. The van der Waals surface area contributed by atoms with E-state index >= 15 is 0 Å². The van der Waals surface area contributed by atoms with E-state index in [0.29, 0.717) is 34.0 Å². The number of hydrogen-bond acceptors (Lipinski definition) is 5. The molecule has 1 N–H and O–H groups in total. The minimum Gasteiger partial charge on any atom is -0.422 e. The molecular weight excluding hydrogens is 414 g/mol. The minimum atomic E-state index is -1.06. The summed E-state index contributed by atoms with van der Waals surface area (Å²) in [7, 11) is -1.06. The van der Waals surface area contributed by atoms with Crippen LogP contribution in [0.2, 0.25) is 0 Å². The van der Waals surface area contributed by atoms with Gasteiger partial charge in [-0.2, -0.15) is 5.10 Å². The second-order valence-corrected chi connectivity index (χ2v) is 9.03. The van der Waals surface area contributed by atoms with Gasteiger partial charge < -0.3 is 9.73 Å². The lowest BCUT2D eigenvalue weighted by atomic mass is 10.1. The number of anilines is 1. The van der Waals surface area contributed by atoms with E-state index < -0.39 is 22.3 Å². The number of carbonyl (C=O) groups is 1. The fourth-order valence-electron chi connectivity index (χ4n) is 3.79. The molecule has 7 nitrogen and oxygen atoms in total. The molecular formula is C23H19N3O4S. The second kappa shape index (κ2) is 7.31. The van der Waals surface area contributed by atoms with Crippen LogP contribution in [0.15, 0.2) is 57.7 Å².